The Balaban J connectivity index is 2.06. The first-order valence-electron chi connectivity index (χ1n) is 7.15. The molecular formula is C15H19FN4O2S. The second-order valence-electron chi connectivity index (χ2n) is 4.96. The van der Waals surface area contributed by atoms with E-state index in [0.29, 0.717) is 30.4 Å². The Kier molecular flexibility index (Phi) is 6.57. The highest BCUT2D eigenvalue weighted by atomic mass is 32.1. The van der Waals surface area contributed by atoms with Gasteiger partial charge in [0.05, 0.1) is 12.6 Å². The van der Waals surface area contributed by atoms with Crippen LogP contribution in [0.15, 0.2) is 29.8 Å². The third-order valence-corrected chi connectivity index (χ3v) is 4.04. The van der Waals surface area contributed by atoms with E-state index in [9.17, 15) is 9.18 Å². The van der Waals surface area contributed by atoms with Crippen molar-refractivity contribution < 1.29 is 13.9 Å². The Morgan fingerprint density at radius 1 is 1.48 bits per heavy atom. The third kappa shape index (κ3) is 5.05. The number of carbonyl (C=O) groups is 1. The van der Waals surface area contributed by atoms with Gasteiger partial charge in [-0.25, -0.2) is 4.39 Å². The van der Waals surface area contributed by atoms with Crippen LogP contribution in [0.25, 0.3) is 0 Å². The fourth-order valence-corrected chi connectivity index (χ4v) is 2.51. The number of carbonyl (C=O) groups excluding carboxylic acids is 1. The highest BCUT2D eigenvalue weighted by molar-refractivity contribution is 7.13. The van der Waals surface area contributed by atoms with Gasteiger partial charge in [0.2, 0.25) is 11.0 Å². The molecule has 23 heavy (non-hydrogen) atoms. The molecule has 1 heterocycles. The van der Waals surface area contributed by atoms with Crippen molar-refractivity contribution in [3.8, 4) is 0 Å². The van der Waals surface area contributed by atoms with E-state index in [1.165, 1.54) is 17.4 Å². The van der Waals surface area contributed by atoms with Crippen LogP contribution in [-0.4, -0.2) is 47.3 Å². The number of anilines is 1. The summed E-state index contributed by atoms with van der Waals surface area (Å²) in [5, 5.41) is 10.6. The predicted octanol–water partition coefficient (Wildman–Crippen LogP) is 2.15. The Labute approximate surface area is 138 Å². The van der Waals surface area contributed by atoms with Crippen LogP contribution in [0.4, 0.5) is 9.52 Å². The van der Waals surface area contributed by atoms with Crippen molar-refractivity contribution >= 4 is 22.4 Å². The van der Waals surface area contributed by atoms with Crippen LogP contribution in [0.1, 0.15) is 12.5 Å². The van der Waals surface area contributed by atoms with Gasteiger partial charge < -0.3 is 4.74 Å². The largest absolute Gasteiger partial charge is 0.383 e. The molecule has 0 radical (unpaired) electrons. The van der Waals surface area contributed by atoms with Crippen molar-refractivity contribution in [2.24, 2.45) is 0 Å². The van der Waals surface area contributed by atoms with E-state index in [1.807, 2.05) is 4.90 Å². The lowest BCUT2D eigenvalue weighted by Crippen LogP contribution is -2.43. The number of amides is 1. The summed E-state index contributed by atoms with van der Waals surface area (Å²) in [5.41, 5.74) is 2.08. The standard InChI is InChI=1S/C15H19FN4O2S/c1-11(14(21)18-15-19-17-10-23-15)20(7-8-22-2)9-12-5-3-4-6-13(12)16/h3-6,10-11H,7-9H2,1-2H3,(H,18,19,21). The first kappa shape index (κ1) is 17.5. The number of methoxy groups -OCH3 is 1. The summed E-state index contributed by atoms with van der Waals surface area (Å²) in [5.74, 6) is -0.499. The smallest absolute Gasteiger partial charge is 0.243 e. The highest BCUT2D eigenvalue weighted by Gasteiger charge is 2.23. The van der Waals surface area contributed by atoms with Crippen LogP contribution >= 0.6 is 11.3 Å². The Morgan fingerprint density at radius 3 is 2.91 bits per heavy atom. The van der Waals surface area contributed by atoms with Gasteiger partial charge in [-0.15, -0.1) is 10.2 Å². The summed E-state index contributed by atoms with van der Waals surface area (Å²) in [6, 6.07) is 6.08. The maximum Gasteiger partial charge on any atom is 0.243 e. The number of benzene rings is 1. The molecule has 0 spiro atoms. The monoisotopic (exact) mass is 338 g/mol. The van der Waals surface area contributed by atoms with E-state index in [2.05, 4.69) is 15.5 Å². The summed E-state index contributed by atoms with van der Waals surface area (Å²) < 4.78 is 19.0. The SMILES string of the molecule is COCCN(Cc1ccccc1F)C(C)C(=O)Nc1nncs1. The first-order chi connectivity index (χ1) is 11.1. The number of halogens is 1. The van der Waals surface area contributed by atoms with Crippen LogP contribution in [0.3, 0.4) is 0 Å². The molecular weight excluding hydrogens is 319 g/mol. The van der Waals surface area contributed by atoms with Crippen LogP contribution < -0.4 is 5.32 Å². The van der Waals surface area contributed by atoms with Crippen molar-refractivity contribution in [2.75, 3.05) is 25.6 Å². The minimum Gasteiger partial charge on any atom is -0.383 e. The first-order valence-corrected chi connectivity index (χ1v) is 8.03. The van der Waals surface area contributed by atoms with Crippen molar-refractivity contribution in [1.82, 2.24) is 15.1 Å². The molecule has 0 aliphatic heterocycles. The molecule has 0 aliphatic carbocycles. The lowest BCUT2D eigenvalue weighted by atomic mass is 10.1. The van der Waals surface area contributed by atoms with Gasteiger partial charge in [0.25, 0.3) is 0 Å². The van der Waals surface area contributed by atoms with Gasteiger partial charge >= 0.3 is 0 Å². The Morgan fingerprint density at radius 2 is 2.26 bits per heavy atom. The number of ether oxygens (including phenoxy) is 1. The third-order valence-electron chi connectivity index (χ3n) is 3.43. The number of nitrogens with one attached hydrogen (secondary N) is 1. The van der Waals surface area contributed by atoms with Crippen LogP contribution in [0.2, 0.25) is 0 Å². The van der Waals surface area contributed by atoms with Crippen LogP contribution in [-0.2, 0) is 16.1 Å². The number of aromatic nitrogens is 2. The molecule has 124 valence electrons. The average molecular weight is 338 g/mol. The van der Waals surface area contributed by atoms with Gasteiger partial charge in [0.15, 0.2) is 0 Å². The minimum absolute atomic E-state index is 0.214. The second-order valence-corrected chi connectivity index (χ2v) is 5.80. The van der Waals surface area contributed by atoms with E-state index < -0.39 is 6.04 Å². The molecule has 0 aliphatic rings. The molecule has 2 rings (SSSR count). The molecule has 2 aromatic rings. The molecule has 1 aromatic carbocycles. The quantitative estimate of drug-likeness (QED) is 0.799. The van der Waals surface area contributed by atoms with Gasteiger partial charge in [-0.1, -0.05) is 29.5 Å². The Hall–Kier alpha value is -1.90. The van der Waals surface area contributed by atoms with E-state index in [1.54, 1.807) is 37.7 Å². The van der Waals surface area contributed by atoms with E-state index in [0.717, 1.165) is 0 Å². The molecule has 0 bridgehead atoms. The summed E-state index contributed by atoms with van der Waals surface area (Å²) in [6.07, 6.45) is 0. The molecule has 1 atom stereocenters. The van der Waals surface area contributed by atoms with Crippen molar-refractivity contribution in [3.05, 3.63) is 41.2 Å². The molecule has 1 amide bonds. The van der Waals surface area contributed by atoms with Crippen molar-refractivity contribution in [3.63, 3.8) is 0 Å². The van der Waals surface area contributed by atoms with Gasteiger partial charge in [-0.2, -0.15) is 0 Å². The summed E-state index contributed by atoms with van der Waals surface area (Å²) >= 11 is 1.25. The predicted molar refractivity (Wildman–Crippen MR) is 86.7 cm³/mol. The molecule has 0 saturated heterocycles. The molecule has 0 saturated carbocycles. The lowest BCUT2D eigenvalue weighted by molar-refractivity contribution is -0.121. The van der Waals surface area contributed by atoms with E-state index in [-0.39, 0.29) is 11.7 Å². The van der Waals surface area contributed by atoms with Crippen molar-refractivity contribution in [1.29, 1.82) is 0 Å². The van der Waals surface area contributed by atoms with E-state index >= 15 is 0 Å². The fraction of sp³-hybridized carbons (Fsp3) is 0.400. The van der Waals surface area contributed by atoms with E-state index in [4.69, 9.17) is 4.74 Å². The maximum atomic E-state index is 13.9. The highest BCUT2D eigenvalue weighted by Crippen LogP contribution is 2.14. The average Bonchev–Trinajstić information content (AvgIpc) is 3.05. The molecule has 8 heteroatoms. The summed E-state index contributed by atoms with van der Waals surface area (Å²) in [4.78, 5) is 14.2. The molecule has 0 fully saturated rings. The molecule has 1 N–H and O–H groups in total. The van der Waals surface area contributed by atoms with Gasteiger partial charge in [0, 0.05) is 25.8 Å². The number of hydrogen-bond acceptors (Lipinski definition) is 6. The number of rotatable bonds is 8. The maximum absolute atomic E-state index is 13.9. The zero-order valence-electron chi connectivity index (χ0n) is 13.0. The number of hydrogen-bond donors (Lipinski definition) is 1. The van der Waals surface area contributed by atoms with Crippen LogP contribution in [0.5, 0.6) is 0 Å². The summed E-state index contributed by atoms with van der Waals surface area (Å²) in [6.45, 7) is 3.05. The second kappa shape index (κ2) is 8.66. The van der Waals surface area contributed by atoms with Gasteiger partial charge in [-0.3, -0.25) is 15.0 Å². The lowest BCUT2D eigenvalue weighted by Gasteiger charge is -2.27. The fourth-order valence-electron chi connectivity index (χ4n) is 2.07. The zero-order valence-corrected chi connectivity index (χ0v) is 13.8. The topological polar surface area (TPSA) is 67.3 Å². The van der Waals surface area contributed by atoms with Gasteiger partial charge in [0.1, 0.15) is 11.3 Å². The molecule has 1 aromatic heterocycles. The number of nitrogens with zero attached hydrogens (tertiary/aromatic N) is 3. The molecule has 6 nitrogen and oxygen atoms in total. The van der Waals surface area contributed by atoms with Crippen LogP contribution in [0, 0.1) is 5.82 Å². The zero-order chi connectivity index (χ0) is 16.7. The molecule has 1 unspecified atom stereocenters. The summed E-state index contributed by atoms with van der Waals surface area (Å²) in [7, 11) is 1.59. The Bertz CT molecular complexity index is 624. The van der Waals surface area contributed by atoms with Crippen molar-refractivity contribution in [2.45, 2.75) is 19.5 Å². The minimum atomic E-state index is -0.464. The normalized spacial score (nSPS) is 12.3. The van der Waals surface area contributed by atoms with Gasteiger partial charge in [-0.05, 0) is 13.0 Å².